The van der Waals surface area contributed by atoms with Crippen molar-refractivity contribution < 1.29 is 14.3 Å². The second-order valence-electron chi connectivity index (χ2n) is 6.71. The molecule has 1 saturated carbocycles. The summed E-state index contributed by atoms with van der Waals surface area (Å²) in [4.78, 5) is 22.0. The monoisotopic (exact) mass is 288 g/mol. The van der Waals surface area contributed by atoms with E-state index in [4.69, 9.17) is 4.74 Å². The van der Waals surface area contributed by atoms with E-state index in [-0.39, 0.29) is 23.7 Å². The number of aldehydes is 1. The van der Waals surface area contributed by atoms with Gasteiger partial charge < -0.3 is 4.74 Å². The number of hydrogen-bond donors (Lipinski definition) is 0. The van der Waals surface area contributed by atoms with E-state index in [0.29, 0.717) is 5.92 Å². The standard InChI is InChI=1S/C18H24O3/c1-13-9-10-15(16(11-13)21-17(20)12-19)18(2,3)14-7-5-4-6-8-14/h4-8,12-13,15-16H,9-11H2,1-3H3/t13-,15?,16+/m0/s1. The summed E-state index contributed by atoms with van der Waals surface area (Å²) in [5, 5.41) is 0. The molecule has 0 N–H and O–H groups in total. The zero-order valence-electron chi connectivity index (χ0n) is 13.0. The minimum Gasteiger partial charge on any atom is -0.457 e. The Kier molecular flexibility index (Phi) is 4.81. The SMILES string of the molecule is C[C@H]1CCC(C(C)(C)c2ccccc2)[C@H](OC(=O)C=O)C1. The van der Waals surface area contributed by atoms with E-state index in [1.54, 1.807) is 0 Å². The van der Waals surface area contributed by atoms with Gasteiger partial charge in [-0.05, 0) is 29.7 Å². The molecule has 0 spiro atoms. The second kappa shape index (κ2) is 6.42. The van der Waals surface area contributed by atoms with Gasteiger partial charge in [0.1, 0.15) is 6.10 Å². The third-order valence-corrected chi connectivity index (χ3v) is 4.86. The Bertz CT molecular complexity index is 492. The topological polar surface area (TPSA) is 43.4 Å². The first-order chi connectivity index (χ1) is 9.95. The molecule has 1 fully saturated rings. The number of hydrogen-bond acceptors (Lipinski definition) is 3. The molecule has 114 valence electrons. The van der Waals surface area contributed by atoms with Crippen LogP contribution in [0.15, 0.2) is 30.3 Å². The molecule has 1 aromatic carbocycles. The zero-order chi connectivity index (χ0) is 15.5. The van der Waals surface area contributed by atoms with Crippen molar-refractivity contribution in [1.82, 2.24) is 0 Å². The molecule has 0 aliphatic heterocycles. The van der Waals surface area contributed by atoms with E-state index in [1.165, 1.54) is 5.56 Å². The third-order valence-electron chi connectivity index (χ3n) is 4.86. The maximum Gasteiger partial charge on any atom is 0.371 e. The van der Waals surface area contributed by atoms with Crippen LogP contribution in [-0.4, -0.2) is 18.4 Å². The molecule has 0 aromatic heterocycles. The van der Waals surface area contributed by atoms with Crippen molar-refractivity contribution in [3.8, 4) is 0 Å². The third kappa shape index (κ3) is 3.52. The minimum absolute atomic E-state index is 0.0881. The van der Waals surface area contributed by atoms with Gasteiger partial charge in [-0.25, -0.2) is 4.79 Å². The van der Waals surface area contributed by atoms with Gasteiger partial charge in [-0.1, -0.05) is 57.5 Å². The van der Waals surface area contributed by atoms with E-state index in [2.05, 4.69) is 32.9 Å². The van der Waals surface area contributed by atoms with E-state index in [0.717, 1.165) is 19.3 Å². The molecular formula is C18H24O3. The highest BCUT2D eigenvalue weighted by Gasteiger charge is 2.41. The largest absolute Gasteiger partial charge is 0.457 e. The highest BCUT2D eigenvalue weighted by Crippen LogP contribution is 2.43. The molecule has 3 nitrogen and oxygen atoms in total. The van der Waals surface area contributed by atoms with Crippen LogP contribution in [0.1, 0.15) is 45.6 Å². The summed E-state index contributed by atoms with van der Waals surface area (Å²) in [6.07, 6.45) is 3.07. The van der Waals surface area contributed by atoms with Crippen LogP contribution in [0.4, 0.5) is 0 Å². The number of rotatable bonds is 4. The molecule has 1 aliphatic rings. The Labute approximate surface area is 126 Å². The van der Waals surface area contributed by atoms with Crippen molar-refractivity contribution in [1.29, 1.82) is 0 Å². The molecule has 1 aliphatic carbocycles. The lowest BCUT2D eigenvalue weighted by molar-refractivity contribution is -0.159. The van der Waals surface area contributed by atoms with Gasteiger partial charge in [0, 0.05) is 5.92 Å². The lowest BCUT2D eigenvalue weighted by atomic mass is 9.64. The molecule has 0 saturated heterocycles. The van der Waals surface area contributed by atoms with Gasteiger partial charge in [0.15, 0.2) is 0 Å². The number of benzene rings is 1. The maximum absolute atomic E-state index is 11.4. The first-order valence-electron chi connectivity index (χ1n) is 7.66. The van der Waals surface area contributed by atoms with Gasteiger partial charge in [0.2, 0.25) is 6.29 Å². The predicted molar refractivity (Wildman–Crippen MR) is 81.9 cm³/mol. The van der Waals surface area contributed by atoms with Crippen molar-refractivity contribution in [3.63, 3.8) is 0 Å². The molecule has 0 radical (unpaired) electrons. The van der Waals surface area contributed by atoms with Crippen LogP contribution >= 0.6 is 0 Å². The van der Waals surface area contributed by atoms with Crippen molar-refractivity contribution in [2.75, 3.05) is 0 Å². The summed E-state index contributed by atoms with van der Waals surface area (Å²) >= 11 is 0. The quantitative estimate of drug-likeness (QED) is 0.484. The number of esters is 1. The van der Waals surface area contributed by atoms with Crippen LogP contribution in [0.3, 0.4) is 0 Å². The van der Waals surface area contributed by atoms with E-state index < -0.39 is 5.97 Å². The molecule has 0 heterocycles. The second-order valence-corrected chi connectivity index (χ2v) is 6.71. The van der Waals surface area contributed by atoms with E-state index in [1.807, 2.05) is 18.2 Å². The Hall–Kier alpha value is -1.64. The van der Waals surface area contributed by atoms with Gasteiger partial charge in [0.05, 0.1) is 0 Å². The molecular weight excluding hydrogens is 264 g/mol. The summed E-state index contributed by atoms with van der Waals surface area (Å²) in [6, 6.07) is 10.3. The van der Waals surface area contributed by atoms with E-state index in [9.17, 15) is 9.59 Å². The molecule has 0 bridgehead atoms. The van der Waals surface area contributed by atoms with Gasteiger partial charge in [0.25, 0.3) is 0 Å². The summed E-state index contributed by atoms with van der Waals surface area (Å²) in [5.74, 6) is 0.0141. The average Bonchev–Trinajstić information content (AvgIpc) is 2.48. The van der Waals surface area contributed by atoms with Gasteiger partial charge in [-0.2, -0.15) is 0 Å². The highest BCUT2D eigenvalue weighted by atomic mass is 16.5. The summed E-state index contributed by atoms with van der Waals surface area (Å²) in [6.45, 7) is 6.57. The van der Waals surface area contributed by atoms with Crippen LogP contribution in [0, 0.1) is 11.8 Å². The van der Waals surface area contributed by atoms with Crippen molar-refractivity contribution >= 4 is 12.3 Å². The predicted octanol–water partition coefficient (Wildman–Crippen LogP) is 3.51. The molecule has 21 heavy (non-hydrogen) atoms. The fourth-order valence-electron chi connectivity index (χ4n) is 3.54. The Morgan fingerprint density at radius 3 is 2.52 bits per heavy atom. The Balaban J connectivity index is 2.25. The van der Waals surface area contributed by atoms with Gasteiger partial charge in [-0.15, -0.1) is 0 Å². The maximum atomic E-state index is 11.4. The normalized spacial score (nSPS) is 26.1. The molecule has 3 heteroatoms. The van der Waals surface area contributed by atoms with Gasteiger partial charge >= 0.3 is 5.97 Å². The molecule has 2 rings (SSSR count). The van der Waals surface area contributed by atoms with Crippen LogP contribution < -0.4 is 0 Å². The van der Waals surface area contributed by atoms with Crippen molar-refractivity contribution in [3.05, 3.63) is 35.9 Å². The average molecular weight is 288 g/mol. The van der Waals surface area contributed by atoms with Crippen molar-refractivity contribution in [2.24, 2.45) is 11.8 Å². The number of ether oxygens (including phenoxy) is 1. The van der Waals surface area contributed by atoms with Crippen LogP contribution in [-0.2, 0) is 19.7 Å². The van der Waals surface area contributed by atoms with Crippen LogP contribution in [0.2, 0.25) is 0 Å². The first-order valence-corrected chi connectivity index (χ1v) is 7.66. The summed E-state index contributed by atoms with van der Waals surface area (Å²) in [5.41, 5.74) is 1.16. The molecule has 1 aromatic rings. The highest BCUT2D eigenvalue weighted by molar-refractivity contribution is 6.20. The lowest BCUT2D eigenvalue weighted by Crippen LogP contribution is -2.43. The zero-order valence-corrected chi connectivity index (χ0v) is 13.0. The fourth-order valence-corrected chi connectivity index (χ4v) is 3.54. The Morgan fingerprint density at radius 2 is 1.90 bits per heavy atom. The fraction of sp³-hybridized carbons (Fsp3) is 0.556. The minimum atomic E-state index is -0.747. The number of carbonyl (C=O) groups is 2. The summed E-state index contributed by atoms with van der Waals surface area (Å²) < 4.78 is 5.42. The first kappa shape index (κ1) is 15.7. The van der Waals surface area contributed by atoms with Crippen LogP contribution in [0.25, 0.3) is 0 Å². The van der Waals surface area contributed by atoms with Crippen molar-refractivity contribution in [2.45, 2.75) is 51.6 Å². The van der Waals surface area contributed by atoms with Gasteiger partial charge in [-0.3, -0.25) is 4.79 Å². The molecule has 1 unspecified atom stereocenters. The number of carbonyl (C=O) groups excluding carboxylic acids is 2. The van der Waals surface area contributed by atoms with E-state index >= 15 is 0 Å². The molecule has 3 atom stereocenters. The lowest BCUT2D eigenvalue weighted by Gasteiger charge is -2.43. The summed E-state index contributed by atoms with van der Waals surface area (Å²) in [7, 11) is 0. The smallest absolute Gasteiger partial charge is 0.371 e. The van der Waals surface area contributed by atoms with Crippen LogP contribution in [0.5, 0.6) is 0 Å². The Morgan fingerprint density at radius 1 is 1.24 bits per heavy atom. The molecule has 0 amide bonds.